The van der Waals surface area contributed by atoms with Crippen molar-refractivity contribution in [2.24, 2.45) is 11.8 Å². The maximum Gasteiger partial charge on any atom is 0.472 e. The maximum atomic E-state index is 12.7. The van der Waals surface area contributed by atoms with Crippen LogP contribution in [-0.2, 0) is 37.5 Å². The second kappa shape index (κ2) is 36.1. The van der Waals surface area contributed by atoms with Gasteiger partial charge in [-0.05, 0) is 64.2 Å². The van der Waals surface area contributed by atoms with Crippen molar-refractivity contribution in [1.29, 1.82) is 0 Å². The fraction of sp³-hybridized carbons (Fsp3) is 0.660. The first-order valence-corrected chi connectivity index (χ1v) is 24.9. The van der Waals surface area contributed by atoms with E-state index in [2.05, 4.69) is 74.6 Å². The number of unbranched alkanes of at least 4 members (excludes halogenated alkanes) is 5. The van der Waals surface area contributed by atoms with Gasteiger partial charge in [0.1, 0.15) is 25.5 Å². The van der Waals surface area contributed by atoms with Crippen LogP contribution in [0.15, 0.2) is 85.1 Å². The van der Waals surface area contributed by atoms with Crippen molar-refractivity contribution in [2.75, 3.05) is 47.5 Å². The average Bonchev–Trinajstić information content (AvgIpc) is 3.50. The number of ketones is 1. The molecule has 1 fully saturated rings. The number of Topliss-reactive ketones (excluding diaryl/α,β-unsaturated/α-hetero) is 1. The van der Waals surface area contributed by atoms with E-state index >= 15 is 0 Å². The number of rotatable bonds is 37. The molecule has 1 aliphatic rings. The minimum absolute atomic E-state index is 0.0252. The Balaban J connectivity index is 2.51. The van der Waals surface area contributed by atoms with Gasteiger partial charge in [0.15, 0.2) is 6.10 Å². The van der Waals surface area contributed by atoms with E-state index in [9.17, 15) is 34.1 Å². The second-order valence-corrected chi connectivity index (χ2v) is 18.6. The standard InChI is InChI=1S/C50H82NO11P/c1-6-8-10-11-12-13-14-15-16-17-18-19-20-21-22-23-24-25-31-35-50(56)62-44(42-61-63(57,58)60-39-38-51(3,4)5)41-59-49(55)34-30-27-26-29-33-45-46(48(54)40-47(45)53)37-36-43(52)32-28-9-7-2/h8,10,12-13,15-16,18-19,21-22,24-25,36-37,43-46,48,52,54H,6-7,9,11,14,17,20,23,26-35,38-42H2,1-5H3/p+1/b10-8-,13-12-,16-15-,19-18-,22-21-,25-24-,37-36+/t43-,44+,45+,46+,48+/m0/s1. The van der Waals surface area contributed by atoms with Gasteiger partial charge in [-0.3, -0.25) is 23.4 Å². The number of quaternary nitrogens is 1. The Labute approximate surface area is 380 Å². The summed E-state index contributed by atoms with van der Waals surface area (Å²) in [6, 6.07) is 0. The van der Waals surface area contributed by atoms with Gasteiger partial charge in [-0.2, -0.15) is 0 Å². The number of hydrogen-bond donors (Lipinski definition) is 3. The van der Waals surface area contributed by atoms with E-state index in [0.29, 0.717) is 36.7 Å². The first-order chi connectivity index (χ1) is 30.2. The van der Waals surface area contributed by atoms with Crippen LogP contribution in [-0.4, -0.2) is 103 Å². The quantitative estimate of drug-likeness (QED) is 0.0179. The Kier molecular flexibility index (Phi) is 33.1. The summed E-state index contributed by atoms with van der Waals surface area (Å²) in [5, 5.41) is 20.8. The smallest absolute Gasteiger partial charge is 0.462 e. The summed E-state index contributed by atoms with van der Waals surface area (Å²) in [5.74, 6) is -1.61. The summed E-state index contributed by atoms with van der Waals surface area (Å²) in [5.41, 5.74) is 0. The van der Waals surface area contributed by atoms with E-state index in [1.54, 1.807) is 6.08 Å². The summed E-state index contributed by atoms with van der Waals surface area (Å²) in [6.07, 6.45) is 39.8. The molecule has 358 valence electrons. The number of ether oxygens (including phenoxy) is 2. The highest BCUT2D eigenvalue weighted by molar-refractivity contribution is 7.47. The lowest BCUT2D eigenvalue weighted by Gasteiger charge is -2.24. The third-order valence-corrected chi connectivity index (χ3v) is 11.3. The van der Waals surface area contributed by atoms with Gasteiger partial charge in [0.05, 0.1) is 40.0 Å². The topological polar surface area (TPSA) is 166 Å². The van der Waals surface area contributed by atoms with Gasteiger partial charge in [0.25, 0.3) is 0 Å². The molecule has 0 aromatic rings. The maximum absolute atomic E-state index is 12.7. The van der Waals surface area contributed by atoms with Gasteiger partial charge < -0.3 is 29.1 Å². The van der Waals surface area contributed by atoms with Crippen LogP contribution >= 0.6 is 7.82 Å². The summed E-state index contributed by atoms with van der Waals surface area (Å²) in [7, 11) is 1.28. The van der Waals surface area contributed by atoms with Crippen LogP contribution in [0, 0.1) is 11.8 Å². The first kappa shape index (κ1) is 57.8. The molecule has 1 rings (SSSR count). The summed E-state index contributed by atoms with van der Waals surface area (Å²) < 4.78 is 34.2. The highest BCUT2D eigenvalue weighted by Gasteiger charge is 2.39. The largest absolute Gasteiger partial charge is 0.472 e. The lowest BCUT2D eigenvalue weighted by Crippen LogP contribution is -2.37. The molecule has 0 aliphatic heterocycles. The molecule has 0 aromatic heterocycles. The number of aliphatic hydroxyl groups excluding tert-OH is 2. The zero-order valence-electron chi connectivity index (χ0n) is 39.2. The Bertz CT molecular complexity index is 1510. The molecule has 12 nitrogen and oxygen atoms in total. The van der Waals surface area contributed by atoms with E-state index in [1.165, 1.54) is 0 Å². The second-order valence-electron chi connectivity index (χ2n) is 17.2. The number of esters is 2. The minimum Gasteiger partial charge on any atom is -0.462 e. The monoisotopic (exact) mass is 905 g/mol. The van der Waals surface area contributed by atoms with Gasteiger partial charge in [0, 0.05) is 31.1 Å². The highest BCUT2D eigenvalue weighted by atomic mass is 31.2. The van der Waals surface area contributed by atoms with E-state index in [0.717, 1.165) is 77.0 Å². The predicted molar refractivity (Wildman–Crippen MR) is 253 cm³/mol. The number of carbonyl (C=O) groups is 3. The van der Waals surface area contributed by atoms with E-state index in [-0.39, 0.29) is 50.1 Å². The summed E-state index contributed by atoms with van der Waals surface area (Å²) in [6.45, 7) is 3.83. The van der Waals surface area contributed by atoms with Crippen molar-refractivity contribution < 1.29 is 57.1 Å². The molecule has 0 bridgehead atoms. The Morgan fingerprint density at radius 2 is 1.35 bits per heavy atom. The highest BCUT2D eigenvalue weighted by Crippen LogP contribution is 2.43. The van der Waals surface area contributed by atoms with Crippen LogP contribution in [0.4, 0.5) is 0 Å². The number of hydrogen-bond acceptors (Lipinski definition) is 10. The fourth-order valence-electron chi connectivity index (χ4n) is 6.64. The number of carbonyl (C=O) groups excluding carboxylic acids is 3. The van der Waals surface area contributed by atoms with Crippen LogP contribution in [0.25, 0.3) is 0 Å². The molecule has 0 saturated heterocycles. The van der Waals surface area contributed by atoms with Crippen LogP contribution in [0.3, 0.4) is 0 Å². The number of allylic oxidation sites excluding steroid dienone is 12. The number of likely N-dealkylation sites (N-methyl/N-ethyl adjacent to an activating group) is 1. The van der Waals surface area contributed by atoms with E-state index < -0.39 is 44.7 Å². The molecule has 0 heterocycles. The third kappa shape index (κ3) is 33.0. The zero-order chi connectivity index (χ0) is 46.6. The van der Waals surface area contributed by atoms with Gasteiger partial charge in [-0.1, -0.05) is 137 Å². The fourth-order valence-corrected chi connectivity index (χ4v) is 7.38. The molecule has 0 aromatic carbocycles. The van der Waals surface area contributed by atoms with Crippen LogP contribution in [0.2, 0.25) is 0 Å². The molecular weight excluding hydrogens is 822 g/mol. The van der Waals surface area contributed by atoms with Crippen LogP contribution in [0.1, 0.15) is 136 Å². The van der Waals surface area contributed by atoms with Crippen molar-refractivity contribution >= 4 is 25.5 Å². The van der Waals surface area contributed by atoms with Crippen LogP contribution in [0.5, 0.6) is 0 Å². The molecule has 0 radical (unpaired) electrons. The Morgan fingerprint density at radius 3 is 1.94 bits per heavy atom. The number of phosphoric ester groups is 1. The molecule has 1 saturated carbocycles. The molecule has 1 unspecified atom stereocenters. The van der Waals surface area contributed by atoms with E-state index in [1.807, 2.05) is 39.4 Å². The molecule has 6 atom stereocenters. The van der Waals surface area contributed by atoms with Crippen molar-refractivity contribution in [2.45, 2.75) is 154 Å². The lowest BCUT2D eigenvalue weighted by molar-refractivity contribution is -0.870. The number of nitrogens with zero attached hydrogens (tertiary/aromatic N) is 1. The summed E-state index contributed by atoms with van der Waals surface area (Å²) >= 11 is 0. The molecular formula is C50H83NO11P+. The lowest BCUT2D eigenvalue weighted by atomic mass is 9.88. The molecule has 3 N–H and O–H groups in total. The molecule has 0 amide bonds. The molecule has 63 heavy (non-hydrogen) atoms. The Morgan fingerprint density at radius 1 is 0.762 bits per heavy atom. The van der Waals surface area contributed by atoms with Gasteiger partial charge in [-0.15, -0.1) is 0 Å². The molecule has 1 aliphatic carbocycles. The average molecular weight is 905 g/mol. The van der Waals surface area contributed by atoms with Crippen molar-refractivity contribution in [3.05, 3.63) is 85.1 Å². The number of phosphoric acid groups is 1. The van der Waals surface area contributed by atoms with Crippen molar-refractivity contribution in [1.82, 2.24) is 0 Å². The van der Waals surface area contributed by atoms with Crippen LogP contribution < -0.4 is 0 Å². The molecule has 0 spiro atoms. The third-order valence-electron chi connectivity index (χ3n) is 10.3. The normalized spacial score (nSPS) is 19.6. The van der Waals surface area contributed by atoms with E-state index in [4.69, 9.17) is 18.5 Å². The van der Waals surface area contributed by atoms with Gasteiger partial charge in [-0.25, -0.2) is 4.57 Å². The molecule has 13 heteroatoms. The first-order valence-electron chi connectivity index (χ1n) is 23.4. The zero-order valence-corrected chi connectivity index (χ0v) is 40.1. The van der Waals surface area contributed by atoms with Crippen molar-refractivity contribution in [3.8, 4) is 0 Å². The minimum atomic E-state index is -4.46. The Hall–Kier alpha value is -3.22. The van der Waals surface area contributed by atoms with Gasteiger partial charge in [0.2, 0.25) is 0 Å². The predicted octanol–water partition coefficient (Wildman–Crippen LogP) is 10.2. The summed E-state index contributed by atoms with van der Waals surface area (Å²) in [4.78, 5) is 48.2. The van der Waals surface area contributed by atoms with Crippen molar-refractivity contribution in [3.63, 3.8) is 0 Å². The SMILES string of the molecule is CC/C=C\C/C=C\C/C=C\C/C=C\C/C=C\C/C=C\CCC(=O)O[C@H](COC(=O)CCCCCC[C@H]1C(=O)C[C@@H](O)[C@@H]1/C=C/[C@@H](O)CCCCC)COP(=O)(O)OCC[N+](C)(C)C. The van der Waals surface area contributed by atoms with Gasteiger partial charge >= 0.3 is 19.8 Å². The number of aliphatic hydroxyl groups is 2.